The van der Waals surface area contributed by atoms with Gasteiger partial charge >= 0.3 is 5.97 Å². The number of fused-ring (bicyclic) bond motifs is 1. The molecule has 0 aliphatic rings. The second-order valence-corrected chi connectivity index (χ2v) is 3.97. The minimum Gasteiger partial charge on any atom is -0.460 e. The lowest BCUT2D eigenvalue weighted by atomic mass is 10.1. The average molecular weight is 246 g/mol. The highest BCUT2D eigenvalue weighted by atomic mass is 16.5. The summed E-state index contributed by atoms with van der Waals surface area (Å²) in [5, 5.41) is 0. The lowest BCUT2D eigenvalue weighted by Crippen LogP contribution is -2.17. The number of hydrogen-bond donors (Lipinski definition) is 0. The highest BCUT2D eigenvalue weighted by Gasteiger charge is 2.18. The number of rotatable bonds is 3. The largest absolute Gasteiger partial charge is 0.460 e. The van der Waals surface area contributed by atoms with Crippen LogP contribution in [0.5, 0.6) is 0 Å². The fraction of sp³-hybridized carbons (Fsp3) is 0.308. The minimum absolute atomic E-state index is 0.192. The molecule has 0 fully saturated rings. The zero-order chi connectivity index (χ0) is 13.3. The van der Waals surface area contributed by atoms with E-state index < -0.39 is 11.8 Å². The van der Waals surface area contributed by atoms with Gasteiger partial charge in [0.2, 0.25) is 0 Å². The van der Waals surface area contributed by atoms with Crippen LogP contribution in [-0.2, 0) is 16.6 Å². The van der Waals surface area contributed by atoms with Gasteiger partial charge in [-0.15, -0.1) is 0 Å². The van der Waals surface area contributed by atoms with Crippen molar-refractivity contribution in [2.75, 3.05) is 6.61 Å². The highest BCUT2D eigenvalue weighted by Crippen LogP contribution is 2.17. The van der Waals surface area contributed by atoms with Crippen molar-refractivity contribution in [1.29, 1.82) is 0 Å². The standard InChI is InChI=1S/C13H14N2O3/c1-4-18-13(17)12(16)9-5-6-10-11(7-9)15(3)8(2)14-10/h5-7H,4H2,1-3H3. The van der Waals surface area contributed by atoms with Crippen molar-refractivity contribution in [1.82, 2.24) is 9.55 Å². The van der Waals surface area contributed by atoms with Crippen molar-refractivity contribution in [3.63, 3.8) is 0 Å². The Balaban J connectivity index is 2.44. The van der Waals surface area contributed by atoms with E-state index >= 15 is 0 Å². The Morgan fingerprint density at radius 1 is 1.39 bits per heavy atom. The van der Waals surface area contributed by atoms with Crippen molar-refractivity contribution in [2.24, 2.45) is 7.05 Å². The van der Waals surface area contributed by atoms with Gasteiger partial charge in [-0.25, -0.2) is 9.78 Å². The van der Waals surface area contributed by atoms with Crippen LogP contribution in [0.15, 0.2) is 18.2 Å². The molecule has 0 saturated carbocycles. The number of nitrogens with zero attached hydrogens (tertiary/aromatic N) is 2. The van der Waals surface area contributed by atoms with Crippen LogP contribution in [0.1, 0.15) is 23.1 Å². The summed E-state index contributed by atoms with van der Waals surface area (Å²) in [6.07, 6.45) is 0. The summed E-state index contributed by atoms with van der Waals surface area (Å²) in [4.78, 5) is 27.5. The van der Waals surface area contributed by atoms with Crippen molar-refractivity contribution >= 4 is 22.8 Å². The van der Waals surface area contributed by atoms with Gasteiger partial charge in [0.1, 0.15) is 5.82 Å². The lowest BCUT2D eigenvalue weighted by molar-refractivity contribution is -0.137. The summed E-state index contributed by atoms with van der Waals surface area (Å²) in [7, 11) is 1.86. The van der Waals surface area contributed by atoms with Crippen LogP contribution in [0.3, 0.4) is 0 Å². The molecule has 18 heavy (non-hydrogen) atoms. The van der Waals surface area contributed by atoms with Crippen LogP contribution in [-0.4, -0.2) is 27.9 Å². The van der Waals surface area contributed by atoms with E-state index in [1.807, 2.05) is 18.5 Å². The molecule has 2 aromatic rings. The van der Waals surface area contributed by atoms with Crippen LogP contribution in [0, 0.1) is 6.92 Å². The molecule has 0 aliphatic carbocycles. The molecule has 0 unspecified atom stereocenters. The van der Waals surface area contributed by atoms with Crippen molar-refractivity contribution < 1.29 is 14.3 Å². The number of esters is 1. The van der Waals surface area contributed by atoms with Crippen molar-refractivity contribution in [2.45, 2.75) is 13.8 Å². The van der Waals surface area contributed by atoms with E-state index in [1.165, 1.54) is 0 Å². The third-order valence-electron chi connectivity index (χ3n) is 2.83. The third-order valence-corrected chi connectivity index (χ3v) is 2.83. The molecule has 0 radical (unpaired) electrons. The Morgan fingerprint density at radius 2 is 2.11 bits per heavy atom. The number of benzene rings is 1. The number of aryl methyl sites for hydroxylation is 2. The predicted molar refractivity (Wildman–Crippen MR) is 66.4 cm³/mol. The van der Waals surface area contributed by atoms with Gasteiger partial charge in [0.05, 0.1) is 17.6 Å². The minimum atomic E-state index is -0.823. The van der Waals surface area contributed by atoms with E-state index in [1.54, 1.807) is 25.1 Å². The predicted octanol–water partition coefficient (Wildman–Crippen LogP) is 1.63. The Kier molecular flexibility index (Phi) is 3.14. The lowest BCUT2D eigenvalue weighted by Gasteiger charge is -2.02. The number of carbonyl (C=O) groups excluding carboxylic acids is 2. The molecular formula is C13H14N2O3. The maximum absolute atomic E-state index is 11.8. The highest BCUT2D eigenvalue weighted by molar-refractivity contribution is 6.40. The van der Waals surface area contributed by atoms with Crippen LogP contribution in [0.2, 0.25) is 0 Å². The van der Waals surface area contributed by atoms with Crippen LogP contribution in [0.4, 0.5) is 0 Å². The number of imidazole rings is 1. The van der Waals surface area contributed by atoms with Crippen LogP contribution < -0.4 is 0 Å². The Hall–Kier alpha value is -2.17. The third kappa shape index (κ3) is 1.99. The van der Waals surface area contributed by atoms with Crippen molar-refractivity contribution in [3.05, 3.63) is 29.6 Å². The summed E-state index contributed by atoms with van der Waals surface area (Å²) < 4.78 is 6.57. The van der Waals surface area contributed by atoms with E-state index in [0.717, 1.165) is 16.9 Å². The first-order chi connectivity index (χ1) is 8.54. The fourth-order valence-electron chi connectivity index (χ4n) is 1.77. The summed E-state index contributed by atoms with van der Waals surface area (Å²) in [6.45, 7) is 3.74. The van der Waals surface area contributed by atoms with Crippen molar-refractivity contribution in [3.8, 4) is 0 Å². The molecule has 0 amide bonds. The second-order valence-electron chi connectivity index (χ2n) is 3.97. The number of hydrogen-bond acceptors (Lipinski definition) is 4. The monoisotopic (exact) mass is 246 g/mol. The number of aromatic nitrogens is 2. The quantitative estimate of drug-likeness (QED) is 0.469. The fourth-order valence-corrected chi connectivity index (χ4v) is 1.77. The number of Topliss-reactive ketones (excluding diaryl/α,β-unsaturated/α-hetero) is 1. The Bertz CT molecular complexity index is 628. The molecule has 0 saturated heterocycles. The molecule has 94 valence electrons. The molecule has 0 bridgehead atoms. The number of ether oxygens (including phenoxy) is 1. The average Bonchev–Trinajstić information content (AvgIpc) is 2.64. The molecule has 0 aliphatic heterocycles. The van der Waals surface area contributed by atoms with Gasteiger partial charge in [-0.2, -0.15) is 0 Å². The summed E-state index contributed by atoms with van der Waals surface area (Å²) in [5.74, 6) is -0.598. The van der Waals surface area contributed by atoms with Gasteiger partial charge in [0.25, 0.3) is 5.78 Å². The molecule has 1 heterocycles. The molecule has 2 rings (SSSR count). The summed E-state index contributed by atoms with van der Waals surface area (Å²) >= 11 is 0. The van der Waals surface area contributed by atoms with E-state index in [9.17, 15) is 9.59 Å². The van der Waals surface area contributed by atoms with Crippen LogP contribution in [0.25, 0.3) is 11.0 Å². The summed E-state index contributed by atoms with van der Waals surface area (Å²) in [6, 6.07) is 4.98. The first-order valence-electron chi connectivity index (χ1n) is 5.69. The summed E-state index contributed by atoms with van der Waals surface area (Å²) in [5.41, 5.74) is 1.95. The number of ketones is 1. The van der Waals surface area contributed by atoms with E-state index in [-0.39, 0.29) is 6.61 Å². The Morgan fingerprint density at radius 3 is 2.78 bits per heavy atom. The van der Waals surface area contributed by atoms with Gasteiger partial charge in [0, 0.05) is 12.6 Å². The maximum atomic E-state index is 11.8. The smallest absolute Gasteiger partial charge is 0.379 e. The molecule has 0 atom stereocenters. The second kappa shape index (κ2) is 4.60. The molecular weight excluding hydrogens is 232 g/mol. The van der Waals surface area contributed by atoms with Gasteiger partial charge in [-0.3, -0.25) is 4.79 Å². The first kappa shape index (κ1) is 12.3. The van der Waals surface area contributed by atoms with Gasteiger partial charge in [-0.1, -0.05) is 0 Å². The van der Waals surface area contributed by atoms with Gasteiger partial charge in [-0.05, 0) is 32.0 Å². The first-order valence-corrected chi connectivity index (χ1v) is 5.69. The topological polar surface area (TPSA) is 61.2 Å². The molecule has 0 N–H and O–H groups in total. The van der Waals surface area contributed by atoms with Gasteiger partial charge in [0.15, 0.2) is 0 Å². The zero-order valence-corrected chi connectivity index (χ0v) is 10.6. The maximum Gasteiger partial charge on any atom is 0.379 e. The van der Waals surface area contributed by atoms with E-state index in [2.05, 4.69) is 4.98 Å². The molecule has 5 heteroatoms. The molecule has 1 aromatic carbocycles. The van der Waals surface area contributed by atoms with Gasteiger partial charge < -0.3 is 9.30 Å². The van der Waals surface area contributed by atoms with Crippen LogP contribution >= 0.6 is 0 Å². The van der Waals surface area contributed by atoms with E-state index in [0.29, 0.717) is 5.56 Å². The SMILES string of the molecule is CCOC(=O)C(=O)c1ccc2nc(C)n(C)c2c1. The number of carbonyl (C=O) groups is 2. The van der Waals surface area contributed by atoms with E-state index in [4.69, 9.17) is 4.74 Å². The normalized spacial score (nSPS) is 10.6. The molecule has 1 aromatic heterocycles. The zero-order valence-electron chi connectivity index (χ0n) is 10.6. The molecule has 5 nitrogen and oxygen atoms in total. The Labute approximate surface area is 104 Å². The molecule has 0 spiro atoms.